The van der Waals surface area contributed by atoms with Gasteiger partial charge in [-0.25, -0.2) is 4.99 Å². The van der Waals surface area contributed by atoms with Crippen LogP contribution in [0.5, 0.6) is 5.75 Å². The first kappa shape index (κ1) is 14.9. The van der Waals surface area contributed by atoms with Crippen LogP contribution in [0.2, 0.25) is 0 Å². The summed E-state index contributed by atoms with van der Waals surface area (Å²) in [4.78, 5) is 20.1. The van der Waals surface area contributed by atoms with E-state index >= 15 is 0 Å². The topological polar surface area (TPSA) is 45.1 Å². The van der Waals surface area contributed by atoms with Gasteiger partial charge >= 0.3 is 0 Å². The Bertz CT molecular complexity index is 500. The normalized spacial score (nSPS) is 17.3. The maximum atomic E-state index is 12.0. The lowest BCUT2D eigenvalue weighted by Crippen LogP contribution is -2.30. The number of anilines is 1. The number of rotatable bonds is 5. The van der Waals surface area contributed by atoms with Gasteiger partial charge in [-0.05, 0) is 45.3 Å². The van der Waals surface area contributed by atoms with Gasteiger partial charge in [0.2, 0.25) is 5.91 Å². The lowest BCUT2D eigenvalue weighted by atomic mass is 10.3. The molecule has 6 heteroatoms. The van der Waals surface area contributed by atoms with Gasteiger partial charge in [-0.3, -0.25) is 14.6 Å². The third-order valence-corrected chi connectivity index (χ3v) is 3.62. The van der Waals surface area contributed by atoms with E-state index in [1.807, 2.05) is 50.2 Å². The second kappa shape index (κ2) is 6.76. The van der Waals surface area contributed by atoms with Crippen LogP contribution < -0.4 is 9.64 Å². The molecule has 1 amide bonds. The summed E-state index contributed by atoms with van der Waals surface area (Å²) in [6.45, 7) is 3.15. The van der Waals surface area contributed by atoms with E-state index in [-0.39, 0.29) is 5.91 Å². The fourth-order valence-electron chi connectivity index (χ4n) is 1.79. The molecule has 1 saturated heterocycles. The Kier molecular flexibility index (Phi) is 5.03. The van der Waals surface area contributed by atoms with E-state index in [0.29, 0.717) is 19.0 Å². The molecule has 1 heterocycles. The fraction of sp³-hybridized carbons (Fsp3) is 0.429. The first-order chi connectivity index (χ1) is 9.61. The predicted octanol–water partition coefficient (Wildman–Crippen LogP) is 2.04. The van der Waals surface area contributed by atoms with E-state index in [4.69, 9.17) is 4.74 Å². The summed E-state index contributed by atoms with van der Waals surface area (Å²) in [5, 5.41) is 0.757. The van der Waals surface area contributed by atoms with Crippen molar-refractivity contribution in [2.24, 2.45) is 4.99 Å². The number of carbonyl (C=O) groups is 1. The number of thioether (sulfide) groups is 1. The quantitative estimate of drug-likeness (QED) is 0.833. The van der Waals surface area contributed by atoms with Gasteiger partial charge in [0, 0.05) is 0 Å². The Morgan fingerprint density at radius 1 is 1.35 bits per heavy atom. The SMILES string of the molecule is CCOc1ccc(N2C(=O)CSC2=NCN(C)C)cc1. The number of benzene rings is 1. The highest BCUT2D eigenvalue weighted by atomic mass is 32.2. The van der Waals surface area contributed by atoms with E-state index in [2.05, 4.69) is 4.99 Å². The second-order valence-corrected chi connectivity index (χ2v) is 5.55. The number of nitrogens with zero attached hydrogens (tertiary/aromatic N) is 3. The van der Waals surface area contributed by atoms with Crippen molar-refractivity contribution in [2.45, 2.75) is 6.92 Å². The average Bonchev–Trinajstić information content (AvgIpc) is 2.79. The van der Waals surface area contributed by atoms with Gasteiger partial charge in [0.05, 0.1) is 24.7 Å². The molecule has 0 bridgehead atoms. The van der Waals surface area contributed by atoms with Crippen LogP contribution in [0, 0.1) is 0 Å². The Labute approximate surface area is 123 Å². The van der Waals surface area contributed by atoms with Crippen molar-refractivity contribution in [3.8, 4) is 5.75 Å². The molecule has 1 aromatic rings. The van der Waals surface area contributed by atoms with Crippen LogP contribution in [-0.4, -0.2) is 49.1 Å². The summed E-state index contributed by atoms with van der Waals surface area (Å²) < 4.78 is 5.41. The van der Waals surface area contributed by atoms with Gasteiger partial charge in [0.15, 0.2) is 5.17 Å². The summed E-state index contributed by atoms with van der Waals surface area (Å²) in [5.74, 6) is 1.32. The van der Waals surface area contributed by atoms with Crippen molar-refractivity contribution in [3.05, 3.63) is 24.3 Å². The molecule has 0 aromatic heterocycles. The number of hydrogen-bond acceptors (Lipinski definition) is 5. The molecule has 0 aliphatic carbocycles. The third-order valence-electron chi connectivity index (χ3n) is 2.66. The lowest BCUT2D eigenvalue weighted by Gasteiger charge is -2.17. The van der Waals surface area contributed by atoms with Crippen molar-refractivity contribution >= 4 is 28.5 Å². The molecule has 1 fully saturated rings. The minimum absolute atomic E-state index is 0.0664. The standard InChI is InChI=1S/C14H19N3O2S/c1-4-19-12-7-5-11(6-8-12)17-13(18)9-20-14(17)15-10-16(2)3/h5-8H,4,9-10H2,1-3H3. The average molecular weight is 293 g/mol. The summed E-state index contributed by atoms with van der Waals surface area (Å²) in [6.07, 6.45) is 0. The summed E-state index contributed by atoms with van der Waals surface area (Å²) in [6, 6.07) is 7.53. The second-order valence-electron chi connectivity index (χ2n) is 4.61. The van der Waals surface area contributed by atoms with Gasteiger partial charge in [0.25, 0.3) is 0 Å². The van der Waals surface area contributed by atoms with E-state index in [0.717, 1.165) is 16.6 Å². The zero-order valence-electron chi connectivity index (χ0n) is 12.0. The number of ether oxygens (including phenoxy) is 1. The number of amides is 1. The van der Waals surface area contributed by atoms with E-state index in [1.54, 1.807) is 4.90 Å². The Hall–Kier alpha value is -1.53. The molecule has 108 valence electrons. The van der Waals surface area contributed by atoms with Crippen LogP contribution in [0.25, 0.3) is 0 Å². The van der Waals surface area contributed by atoms with Crippen molar-refractivity contribution in [2.75, 3.05) is 38.0 Å². The maximum absolute atomic E-state index is 12.0. The Morgan fingerprint density at radius 2 is 2.05 bits per heavy atom. The molecular formula is C14H19N3O2S. The molecule has 0 radical (unpaired) electrons. The lowest BCUT2D eigenvalue weighted by molar-refractivity contribution is -0.115. The largest absolute Gasteiger partial charge is 0.494 e. The van der Waals surface area contributed by atoms with Crippen LogP contribution >= 0.6 is 11.8 Å². The fourth-order valence-corrected chi connectivity index (χ4v) is 2.66. The van der Waals surface area contributed by atoms with Crippen LogP contribution in [0.4, 0.5) is 5.69 Å². The molecule has 0 saturated carbocycles. The molecule has 0 unspecified atom stereocenters. The Balaban J connectivity index is 2.19. The summed E-state index contributed by atoms with van der Waals surface area (Å²) in [7, 11) is 3.90. The number of aliphatic imine (C=N–C) groups is 1. The first-order valence-corrected chi connectivity index (χ1v) is 7.48. The summed E-state index contributed by atoms with van der Waals surface area (Å²) in [5.41, 5.74) is 0.834. The highest BCUT2D eigenvalue weighted by Crippen LogP contribution is 2.28. The minimum Gasteiger partial charge on any atom is -0.494 e. The van der Waals surface area contributed by atoms with Crippen LogP contribution in [0.3, 0.4) is 0 Å². The van der Waals surface area contributed by atoms with Crippen molar-refractivity contribution in [1.82, 2.24) is 4.90 Å². The van der Waals surface area contributed by atoms with Gasteiger partial charge in [0.1, 0.15) is 5.75 Å². The van der Waals surface area contributed by atoms with Crippen LogP contribution in [-0.2, 0) is 4.79 Å². The molecule has 0 spiro atoms. The minimum atomic E-state index is 0.0664. The zero-order chi connectivity index (χ0) is 14.5. The van der Waals surface area contributed by atoms with E-state index < -0.39 is 0 Å². The van der Waals surface area contributed by atoms with Gasteiger partial charge in [-0.15, -0.1) is 0 Å². The smallest absolute Gasteiger partial charge is 0.243 e. The maximum Gasteiger partial charge on any atom is 0.243 e. The predicted molar refractivity (Wildman–Crippen MR) is 83.5 cm³/mol. The first-order valence-electron chi connectivity index (χ1n) is 6.49. The summed E-state index contributed by atoms with van der Waals surface area (Å²) >= 11 is 1.48. The highest BCUT2D eigenvalue weighted by molar-refractivity contribution is 8.15. The van der Waals surface area contributed by atoms with Crippen LogP contribution in [0.15, 0.2) is 29.3 Å². The monoisotopic (exact) mass is 293 g/mol. The number of amidine groups is 1. The molecule has 5 nitrogen and oxygen atoms in total. The van der Waals surface area contributed by atoms with E-state index in [1.165, 1.54) is 11.8 Å². The van der Waals surface area contributed by atoms with Gasteiger partial charge in [-0.1, -0.05) is 11.8 Å². The molecule has 2 rings (SSSR count). The van der Waals surface area contributed by atoms with Crippen LogP contribution in [0.1, 0.15) is 6.92 Å². The van der Waals surface area contributed by atoms with Gasteiger partial charge in [-0.2, -0.15) is 0 Å². The van der Waals surface area contributed by atoms with Crippen molar-refractivity contribution < 1.29 is 9.53 Å². The van der Waals surface area contributed by atoms with E-state index in [9.17, 15) is 4.79 Å². The molecule has 1 aliphatic heterocycles. The van der Waals surface area contributed by atoms with Crippen molar-refractivity contribution in [3.63, 3.8) is 0 Å². The Morgan fingerprint density at radius 3 is 2.65 bits per heavy atom. The zero-order valence-corrected chi connectivity index (χ0v) is 12.8. The number of carbonyl (C=O) groups excluding carboxylic acids is 1. The van der Waals surface area contributed by atoms with Gasteiger partial charge < -0.3 is 4.74 Å². The third kappa shape index (κ3) is 3.52. The molecular weight excluding hydrogens is 274 g/mol. The molecule has 0 atom stereocenters. The molecule has 0 N–H and O–H groups in total. The molecule has 20 heavy (non-hydrogen) atoms. The molecule has 1 aliphatic rings. The van der Waals surface area contributed by atoms with Crippen molar-refractivity contribution in [1.29, 1.82) is 0 Å². The number of hydrogen-bond donors (Lipinski definition) is 0. The highest BCUT2D eigenvalue weighted by Gasteiger charge is 2.29. The molecule has 1 aromatic carbocycles.